The molecule has 112 valence electrons. The van der Waals surface area contributed by atoms with Crippen LogP contribution in [0, 0.1) is 0 Å². The Morgan fingerprint density at radius 3 is 2.32 bits per heavy atom. The van der Waals surface area contributed by atoms with Crippen LogP contribution >= 0.6 is 0 Å². The van der Waals surface area contributed by atoms with Crippen LogP contribution in [0.3, 0.4) is 0 Å². The molecule has 0 amide bonds. The van der Waals surface area contributed by atoms with Gasteiger partial charge in [0.05, 0.1) is 12.7 Å². The Labute approximate surface area is 129 Å². The fourth-order valence-corrected chi connectivity index (χ4v) is 1.79. The summed E-state index contributed by atoms with van der Waals surface area (Å²) < 4.78 is 9.75. The lowest BCUT2D eigenvalue weighted by atomic mass is 10.1. The number of methoxy groups -OCH3 is 1. The molecular weight excluding hydrogens is 280 g/mol. The number of ether oxygens (including phenoxy) is 2. The molecule has 0 radical (unpaired) electrons. The molecule has 0 saturated heterocycles. The number of benzene rings is 2. The fourth-order valence-electron chi connectivity index (χ4n) is 1.79. The van der Waals surface area contributed by atoms with Gasteiger partial charge in [-0.3, -0.25) is 0 Å². The first-order chi connectivity index (χ1) is 10.7. The molecule has 0 N–H and O–H groups in total. The monoisotopic (exact) mass is 296 g/mol. The van der Waals surface area contributed by atoms with Crippen LogP contribution in [0.1, 0.15) is 21.5 Å². The molecule has 4 heteroatoms. The molecule has 2 aromatic carbocycles. The second kappa shape index (κ2) is 7.78. The van der Waals surface area contributed by atoms with Crippen molar-refractivity contribution in [3.8, 4) is 0 Å². The van der Waals surface area contributed by atoms with E-state index in [4.69, 9.17) is 4.74 Å². The smallest absolute Gasteiger partial charge is 0.337 e. The van der Waals surface area contributed by atoms with Crippen molar-refractivity contribution in [2.24, 2.45) is 0 Å². The molecule has 4 nitrogen and oxygen atoms in total. The van der Waals surface area contributed by atoms with E-state index in [9.17, 15) is 9.59 Å². The van der Waals surface area contributed by atoms with Gasteiger partial charge in [-0.15, -0.1) is 0 Å². The normalized spacial score (nSPS) is 10.4. The van der Waals surface area contributed by atoms with E-state index in [1.54, 1.807) is 30.3 Å². The van der Waals surface area contributed by atoms with E-state index in [0.717, 1.165) is 11.1 Å². The molecule has 0 heterocycles. The molecule has 2 rings (SSSR count). The van der Waals surface area contributed by atoms with Crippen molar-refractivity contribution in [2.45, 2.75) is 6.61 Å². The molecule has 0 spiro atoms. The molecule has 0 saturated carbocycles. The van der Waals surface area contributed by atoms with Gasteiger partial charge in [-0.2, -0.15) is 0 Å². The molecule has 0 fully saturated rings. The van der Waals surface area contributed by atoms with E-state index < -0.39 is 11.9 Å². The third-order valence-electron chi connectivity index (χ3n) is 2.97. The van der Waals surface area contributed by atoms with E-state index in [2.05, 4.69) is 4.74 Å². The summed E-state index contributed by atoms with van der Waals surface area (Å²) in [5.74, 6) is -0.810. The SMILES string of the molecule is COC(=O)c1ccc(COC(=O)/C=C/c2ccccc2)cc1. The largest absolute Gasteiger partial charge is 0.465 e. The lowest BCUT2D eigenvalue weighted by molar-refractivity contribution is -0.138. The molecule has 0 aliphatic heterocycles. The van der Waals surface area contributed by atoms with E-state index in [-0.39, 0.29) is 6.61 Å². The first-order valence-electron chi connectivity index (χ1n) is 6.76. The molecule has 0 aliphatic carbocycles. The lowest BCUT2D eigenvalue weighted by Crippen LogP contribution is -2.03. The van der Waals surface area contributed by atoms with Crippen LogP contribution in [0.25, 0.3) is 6.08 Å². The zero-order valence-corrected chi connectivity index (χ0v) is 12.2. The summed E-state index contributed by atoms with van der Waals surface area (Å²) in [6.07, 6.45) is 3.08. The maximum atomic E-state index is 11.6. The Morgan fingerprint density at radius 2 is 1.68 bits per heavy atom. The van der Waals surface area contributed by atoms with Crippen LogP contribution in [0.5, 0.6) is 0 Å². The third kappa shape index (κ3) is 4.59. The van der Waals surface area contributed by atoms with Crippen LogP contribution in [-0.2, 0) is 20.9 Å². The third-order valence-corrected chi connectivity index (χ3v) is 2.97. The van der Waals surface area contributed by atoms with E-state index in [0.29, 0.717) is 5.56 Å². The Bertz CT molecular complexity index is 657. The number of esters is 2. The standard InChI is InChI=1S/C18H16O4/c1-21-18(20)16-10-7-15(8-11-16)13-22-17(19)12-9-14-5-3-2-4-6-14/h2-12H,13H2,1H3/b12-9+. The summed E-state index contributed by atoms with van der Waals surface area (Å²) in [5, 5.41) is 0. The van der Waals surface area contributed by atoms with Crippen molar-refractivity contribution in [2.75, 3.05) is 7.11 Å². The first kappa shape index (κ1) is 15.5. The summed E-state index contributed by atoms with van der Waals surface area (Å²) in [4.78, 5) is 22.9. The summed E-state index contributed by atoms with van der Waals surface area (Å²) >= 11 is 0. The minimum atomic E-state index is -0.416. The van der Waals surface area contributed by atoms with E-state index in [1.807, 2.05) is 30.3 Å². The predicted molar refractivity (Wildman–Crippen MR) is 83.1 cm³/mol. The minimum Gasteiger partial charge on any atom is -0.465 e. The van der Waals surface area contributed by atoms with E-state index in [1.165, 1.54) is 13.2 Å². The second-order valence-corrected chi connectivity index (χ2v) is 4.54. The first-order valence-corrected chi connectivity index (χ1v) is 6.76. The molecular formula is C18H16O4. The topological polar surface area (TPSA) is 52.6 Å². The molecule has 0 bridgehead atoms. The highest BCUT2D eigenvalue weighted by Crippen LogP contribution is 2.08. The van der Waals surface area contributed by atoms with Gasteiger partial charge in [-0.25, -0.2) is 9.59 Å². The summed E-state index contributed by atoms with van der Waals surface area (Å²) in [6, 6.07) is 16.2. The van der Waals surface area contributed by atoms with Gasteiger partial charge in [-0.1, -0.05) is 42.5 Å². The van der Waals surface area contributed by atoms with Gasteiger partial charge in [0.1, 0.15) is 6.61 Å². The highest BCUT2D eigenvalue weighted by Gasteiger charge is 2.05. The van der Waals surface area contributed by atoms with Crippen LogP contribution in [0.15, 0.2) is 60.7 Å². The van der Waals surface area contributed by atoms with Gasteiger partial charge in [0.25, 0.3) is 0 Å². The quantitative estimate of drug-likeness (QED) is 0.628. The average molecular weight is 296 g/mol. The average Bonchev–Trinajstić information content (AvgIpc) is 2.58. The molecule has 2 aromatic rings. The Hall–Kier alpha value is -2.88. The number of hydrogen-bond acceptors (Lipinski definition) is 4. The van der Waals surface area contributed by atoms with Gasteiger partial charge >= 0.3 is 11.9 Å². The summed E-state index contributed by atoms with van der Waals surface area (Å²) in [5.41, 5.74) is 2.19. The lowest BCUT2D eigenvalue weighted by Gasteiger charge is -2.03. The summed E-state index contributed by atoms with van der Waals surface area (Å²) in [7, 11) is 1.33. The number of carbonyl (C=O) groups is 2. The highest BCUT2D eigenvalue weighted by atomic mass is 16.5. The van der Waals surface area contributed by atoms with Crippen LogP contribution < -0.4 is 0 Å². The molecule has 0 unspecified atom stereocenters. The van der Waals surface area contributed by atoms with Crippen molar-refractivity contribution in [3.05, 3.63) is 77.4 Å². The van der Waals surface area contributed by atoms with Gasteiger partial charge < -0.3 is 9.47 Å². The van der Waals surface area contributed by atoms with Crippen molar-refractivity contribution in [1.29, 1.82) is 0 Å². The van der Waals surface area contributed by atoms with Gasteiger partial charge in [-0.05, 0) is 29.3 Å². The maximum absolute atomic E-state index is 11.6. The zero-order valence-electron chi connectivity index (χ0n) is 12.2. The van der Waals surface area contributed by atoms with Gasteiger partial charge in [0.15, 0.2) is 0 Å². The summed E-state index contributed by atoms with van der Waals surface area (Å²) in [6.45, 7) is 0.152. The number of hydrogen-bond donors (Lipinski definition) is 0. The van der Waals surface area contributed by atoms with Gasteiger partial charge in [0, 0.05) is 6.08 Å². The van der Waals surface area contributed by atoms with Crippen molar-refractivity contribution >= 4 is 18.0 Å². The highest BCUT2D eigenvalue weighted by molar-refractivity contribution is 5.89. The van der Waals surface area contributed by atoms with Gasteiger partial charge in [0.2, 0.25) is 0 Å². The maximum Gasteiger partial charge on any atom is 0.337 e. The number of rotatable bonds is 5. The van der Waals surface area contributed by atoms with Crippen LogP contribution in [-0.4, -0.2) is 19.0 Å². The molecule has 0 aliphatic rings. The number of carbonyl (C=O) groups excluding carboxylic acids is 2. The second-order valence-electron chi connectivity index (χ2n) is 4.54. The van der Waals surface area contributed by atoms with E-state index >= 15 is 0 Å². The van der Waals surface area contributed by atoms with Crippen molar-refractivity contribution < 1.29 is 19.1 Å². The van der Waals surface area contributed by atoms with Crippen LogP contribution in [0.4, 0.5) is 0 Å². The van der Waals surface area contributed by atoms with Crippen LogP contribution in [0.2, 0.25) is 0 Å². The molecule has 0 aromatic heterocycles. The zero-order chi connectivity index (χ0) is 15.8. The predicted octanol–water partition coefficient (Wildman–Crippen LogP) is 3.23. The Morgan fingerprint density at radius 1 is 1.00 bits per heavy atom. The fraction of sp³-hybridized carbons (Fsp3) is 0.111. The molecule has 22 heavy (non-hydrogen) atoms. The minimum absolute atomic E-state index is 0.152. The molecule has 0 atom stereocenters. The van der Waals surface area contributed by atoms with Crippen molar-refractivity contribution in [1.82, 2.24) is 0 Å². The van der Waals surface area contributed by atoms with Crippen molar-refractivity contribution in [3.63, 3.8) is 0 Å². The Balaban J connectivity index is 1.86. The Kier molecular flexibility index (Phi) is 5.49.